The van der Waals surface area contributed by atoms with Crippen molar-refractivity contribution in [3.05, 3.63) is 58.6 Å². The van der Waals surface area contributed by atoms with Crippen LogP contribution >= 0.6 is 11.6 Å². The molecule has 26 heavy (non-hydrogen) atoms. The molecule has 0 radical (unpaired) electrons. The predicted molar refractivity (Wildman–Crippen MR) is 103 cm³/mol. The minimum atomic E-state index is -0.337. The average molecular weight is 372 g/mol. The molecule has 0 aliphatic carbocycles. The first-order valence-electron chi connectivity index (χ1n) is 8.37. The third-order valence-corrected chi connectivity index (χ3v) is 4.38. The number of amides is 1. The number of anilines is 1. The lowest BCUT2D eigenvalue weighted by Gasteiger charge is -2.24. The van der Waals surface area contributed by atoms with Crippen LogP contribution in [0.3, 0.4) is 0 Å². The van der Waals surface area contributed by atoms with Crippen LogP contribution in [0, 0.1) is 11.3 Å². The molecule has 0 heterocycles. The zero-order chi connectivity index (χ0) is 19.1. The molecule has 2 rings (SSSR count). The first kappa shape index (κ1) is 19.8. The lowest BCUT2D eigenvalue weighted by atomic mass is 10.1. The number of benzene rings is 2. The number of carbonyl (C=O) groups excluding carboxylic acids is 1. The first-order chi connectivity index (χ1) is 12.4. The van der Waals surface area contributed by atoms with Gasteiger partial charge in [0.25, 0.3) is 0 Å². The SMILES string of the molecule is CCOc1ccc(CN(C)C(C)C(=O)Nc2ccc(C#N)c(Cl)c2)cc1. The van der Waals surface area contributed by atoms with Gasteiger partial charge in [-0.05, 0) is 56.8 Å². The van der Waals surface area contributed by atoms with Crippen LogP contribution in [0.4, 0.5) is 5.69 Å². The Morgan fingerprint density at radius 1 is 1.31 bits per heavy atom. The van der Waals surface area contributed by atoms with Gasteiger partial charge >= 0.3 is 0 Å². The summed E-state index contributed by atoms with van der Waals surface area (Å²) in [6, 6.07) is 14.3. The van der Waals surface area contributed by atoms with E-state index in [1.165, 1.54) is 0 Å². The molecule has 0 aliphatic rings. The van der Waals surface area contributed by atoms with Crippen LogP contribution in [-0.4, -0.2) is 30.5 Å². The van der Waals surface area contributed by atoms with Crippen LogP contribution in [-0.2, 0) is 11.3 Å². The van der Waals surface area contributed by atoms with Crippen LogP contribution in [0.25, 0.3) is 0 Å². The summed E-state index contributed by atoms with van der Waals surface area (Å²) in [6.07, 6.45) is 0. The molecule has 0 bridgehead atoms. The molecule has 0 fully saturated rings. The van der Waals surface area contributed by atoms with E-state index in [1.54, 1.807) is 18.2 Å². The minimum Gasteiger partial charge on any atom is -0.494 e. The fraction of sp³-hybridized carbons (Fsp3) is 0.300. The van der Waals surface area contributed by atoms with Gasteiger partial charge in [-0.1, -0.05) is 23.7 Å². The van der Waals surface area contributed by atoms with Gasteiger partial charge in [-0.3, -0.25) is 9.69 Å². The highest BCUT2D eigenvalue weighted by Gasteiger charge is 2.18. The van der Waals surface area contributed by atoms with Gasteiger partial charge in [0.1, 0.15) is 11.8 Å². The topological polar surface area (TPSA) is 65.4 Å². The Labute approximate surface area is 159 Å². The van der Waals surface area contributed by atoms with E-state index in [9.17, 15) is 4.79 Å². The number of carbonyl (C=O) groups is 1. The maximum Gasteiger partial charge on any atom is 0.241 e. The Morgan fingerprint density at radius 3 is 2.58 bits per heavy atom. The van der Waals surface area contributed by atoms with Crippen LogP contribution in [0.15, 0.2) is 42.5 Å². The lowest BCUT2D eigenvalue weighted by Crippen LogP contribution is -2.39. The number of hydrogen-bond donors (Lipinski definition) is 1. The lowest BCUT2D eigenvalue weighted by molar-refractivity contribution is -0.120. The number of hydrogen-bond acceptors (Lipinski definition) is 4. The number of likely N-dealkylation sites (N-methyl/N-ethyl adjacent to an activating group) is 1. The van der Waals surface area contributed by atoms with Gasteiger partial charge in [-0.25, -0.2) is 0 Å². The second kappa shape index (κ2) is 9.23. The third-order valence-electron chi connectivity index (χ3n) is 4.06. The summed E-state index contributed by atoms with van der Waals surface area (Å²) in [4.78, 5) is 14.4. The Bertz CT molecular complexity index is 800. The summed E-state index contributed by atoms with van der Waals surface area (Å²) in [6.45, 7) is 5.06. The summed E-state index contributed by atoms with van der Waals surface area (Å²) in [5, 5.41) is 12.1. The van der Waals surface area contributed by atoms with E-state index in [1.807, 2.05) is 56.1 Å². The summed E-state index contributed by atoms with van der Waals surface area (Å²) in [5.74, 6) is 0.696. The van der Waals surface area contributed by atoms with Crippen molar-refractivity contribution in [1.82, 2.24) is 4.90 Å². The standard InChI is InChI=1S/C20H22ClN3O2/c1-4-26-18-9-5-15(6-10-18)13-24(3)14(2)20(25)23-17-8-7-16(12-22)19(21)11-17/h5-11,14H,4,13H2,1-3H3,(H,23,25). The van der Waals surface area contributed by atoms with Crippen LogP contribution in [0.1, 0.15) is 25.0 Å². The maximum absolute atomic E-state index is 12.5. The Kier molecular flexibility index (Phi) is 7.02. The Hall–Kier alpha value is -2.55. The number of ether oxygens (including phenoxy) is 1. The first-order valence-corrected chi connectivity index (χ1v) is 8.75. The van der Waals surface area contributed by atoms with Gasteiger partial charge in [-0.2, -0.15) is 5.26 Å². The molecular formula is C20H22ClN3O2. The highest BCUT2D eigenvalue weighted by atomic mass is 35.5. The fourth-order valence-corrected chi connectivity index (χ4v) is 2.64. The van der Waals surface area contributed by atoms with E-state index in [-0.39, 0.29) is 11.9 Å². The highest BCUT2D eigenvalue weighted by Crippen LogP contribution is 2.21. The van der Waals surface area contributed by atoms with Crippen LogP contribution < -0.4 is 10.1 Å². The maximum atomic E-state index is 12.5. The summed E-state index contributed by atoms with van der Waals surface area (Å²) >= 11 is 6.00. The van der Waals surface area contributed by atoms with Gasteiger partial charge in [0, 0.05) is 12.2 Å². The molecule has 0 saturated carbocycles. The van der Waals surface area contributed by atoms with E-state index in [0.29, 0.717) is 29.4 Å². The summed E-state index contributed by atoms with van der Waals surface area (Å²) < 4.78 is 5.44. The zero-order valence-electron chi connectivity index (χ0n) is 15.1. The van der Waals surface area contributed by atoms with Crippen LogP contribution in [0.2, 0.25) is 5.02 Å². The predicted octanol–water partition coefficient (Wildman–Crippen LogP) is 4.07. The quantitative estimate of drug-likeness (QED) is 0.796. The molecule has 2 aromatic rings. The molecule has 5 nitrogen and oxygen atoms in total. The number of nitrogens with one attached hydrogen (secondary N) is 1. The Morgan fingerprint density at radius 2 is 2.00 bits per heavy atom. The van der Waals surface area contributed by atoms with Crippen molar-refractivity contribution < 1.29 is 9.53 Å². The molecule has 1 N–H and O–H groups in total. The van der Waals surface area contributed by atoms with Crippen molar-refractivity contribution in [3.63, 3.8) is 0 Å². The van der Waals surface area contributed by atoms with Crippen molar-refractivity contribution >= 4 is 23.2 Å². The monoisotopic (exact) mass is 371 g/mol. The molecule has 0 aliphatic heterocycles. The van der Waals surface area contributed by atoms with Crippen molar-refractivity contribution in [1.29, 1.82) is 5.26 Å². The Balaban J connectivity index is 1.96. The molecule has 1 atom stereocenters. The van der Waals surface area contributed by atoms with Crippen molar-refractivity contribution in [2.45, 2.75) is 26.4 Å². The second-order valence-corrected chi connectivity index (χ2v) is 6.37. The molecule has 1 unspecified atom stereocenters. The van der Waals surface area contributed by atoms with Crippen LogP contribution in [0.5, 0.6) is 5.75 Å². The third kappa shape index (κ3) is 5.22. The molecule has 136 valence electrons. The van der Waals surface area contributed by atoms with Gasteiger partial charge in [0.05, 0.1) is 23.2 Å². The van der Waals surface area contributed by atoms with E-state index >= 15 is 0 Å². The van der Waals surface area contributed by atoms with Crippen molar-refractivity contribution in [3.8, 4) is 11.8 Å². The zero-order valence-corrected chi connectivity index (χ0v) is 15.9. The number of nitriles is 1. The largest absolute Gasteiger partial charge is 0.494 e. The van der Waals surface area contributed by atoms with Crippen molar-refractivity contribution in [2.24, 2.45) is 0 Å². The average Bonchev–Trinajstić information content (AvgIpc) is 2.63. The van der Waals surface area contributed by atoms with Gasteiger partial charge in [-0.15, -0.1) is 0 Å². The fourth-order valence-electron chi connectivity index (χ4n) is 2.41. The highest BCUT2D eigenvalue weighted by molar-refractivity contribution is 6.32. The molecule has 0 spiro atoms. The molecule has 1 amide bonds. The molecule has 2 aromatic carbocycles. The van der Waals surface area contributed by atoms with E-state index in [4.69, 9.17) is 21.6 Å². The smallest absolute Gasteiger partial charge is 0.241 e. The van der Waals surface area contributed by atoms with E-state index < -0.39 is 0 Å². The molecule has 0 aromatic heterocycles. The number of rotatable bonds is 7. The molecular weight excluding hydrogens is 350 g/mol. The van der Waals surface area contributed by atoms with E-state index in [0.717, 1.165) is 11.3 Å². The molecule has 0 saturated heterocycles. The van der Waals surface area contributed by atoms with E-state index in [2.05, 4.69) is 5.32 Å². The minimum absolute atomic E-state index is 0.140. The van der Waals surface area contributed by atoms with Gasteiger partial charge in [0.2, 0.25) is 5.91 Å². The van der Waals surface area contributed by atoms with Gasteiger partial charge < -0.3 is 10.1 Å². The van der Waals surface area contributed by atoms with Gasteiger partial charge in [0.15, 0.2) is 0 Å². The molecule has 6 heteroatoms. The summed E-state index contributed by atoms with van der Waals surface area (Å²) in [5.41, 5.74) is 2.04. The number of nitrogens with zero attached hydrogens (tertiary/aromatic N) is 2. The number of halogens is 1. The summed E-state index contributed by atoms with van der Waals surface area (Å²) in [7, 11) is 1.90. The normalized spacial score (nSPS) is 11.7. The second-order valence-electron chi connectivity index (χ2n) is 5.96. The van der Waals surface area contributed by atoms with Crippen molar-refractivity contribution in [2.75, 3.05) is 19.0 Å².